The molecular weight excluding hydrogens is 336 g/mol. The third-order valence-electron chi connectivity index (χ3n) is 3.65. The quantitative estimate of drug-likeness (QED) is 0.791. The molecule has 0 spiro atoms. The van der Waals surface area contributed by atoms with Gasteiger partial charge in [0.1, 0.15) is 6.10 Å². The number of halogens is 1. The summed E-state index contributed by atoms with van der Waals surface area (Å²) in [6.45, 7) is 3.39. The second-order valence-corrected chi connectivity index (χ2v) is 6.69. The molecule has 1 aliphatic heterocycles. The van der Waals surface area contributed by atoms with Crippen molar-refractivity contribution in [3.63, 3.8) is 0 Å². The van der Waals surface area contributed by atoms with E-state index >= 15 is 0 Å². The second kappa shape index (κ2) is 6.86. The number of rotatable bonds is 3. The van der Waals surface area contributed by atoms with E-state index in [0.29, 0.717) is 23.1 Å². The third kappa shape index (κ3) is 3.49. The van der Waals surface area contributed by atoms with Gasteiger partial charge in [0.2, 0.25) is 0 Å². The van der Waals surface area contributed by atoms with Crippen LogP contribution >= 0.6 is 22.9 Å². The number of esters is 1. The Bertz CT molecular complexity index is 692. The fraction of sp³-hybridized carbons (Fsp3) is 0.375. The Morgan fingerprint density at radius 1 is 1.39 bits per heavy atom. The number of hydrogen-bond donors (Lipinski definition) is 0. The fourth-order valence-electron chi connectivity index (χ4n) is 2.60. The molecule has 1 fully saturated rings. The van der Waals surface area contributed by atoms with Crippen molar-refractivity contribution in [2.24, 2.45) is 0 Å². The molecule has 0 saturated carbocycles. The summed E-state index contributed by atoms with van der Waals surface area (Å²) >= 11 is 7.32. The molecule has 1 saturated heterocycles. The number of thiazole rings is 1. The average Bonchev–Trinajstić information content (AvgIpc) is 2.96. The number of anilines is 1. The molecule has 2 unspecified atom stereocenters. The summed E-state index contributed by atoms with van der Waals surface area (Å²) < 4.78 is 10.8. The molecule has 1 aromatic carbocycles. The Morgan fingerprint density at radius 3 is 2.83 bits per heavy atom. The molecule has 0 aliphatic carbocycles. The van der Waals surface area contributed by atoms with E-state index in [4.69, 9.17) is 21.1 Å². The Labute approximate surface area is 143 Å². The highest BCUT2D eigenvalue weighted by atomic mass is 35.5. The smallest absolute Gasteiger partial charge is 0.351 e. The maximum absolute atomic E-state index is 11.7. The van der Waals surface area contributed by atoms with Gasteiger partial charge in [-0.05, 0) is 12.5 Å². The Kier molecular flexibility index (Phi) is 4.84. The first kappa shape index (κ1) is 16.2. The zero-order chi connectivity index (χ0) is 16.4. The van der Waals surface area contributed by atoms with Gasteiger partial charge in [0.15, 0.2) is 15.2 Å². The van der Waals surface area contributed by atoms with Gasteiger partial charge in [-0.15, -0.1) is 0 Å². The van der Waals surface area contributed by atoms with E-state index in [1.165, 1.54) is 18.4 Å². The van der Waals surface area contributed by atoms with Crippen LogP contribution in [0.1, 0.15) is 28.3 Å². The molecular formula is C16H17ClN2O3S. The molecule has 0 radical (unpaired) electrons. The number of carbonyl (C=O) groups excluding carboxylic acids is 1. The van der Waals surface area contributed by atoms with Crippen molar-refractivity contribution >= 4 is 34.0 Å². The number of ether oxygens (including phenoxy) is 2. The zero-order valence-electron chi connectivity index (χ0n) is 12.9. The normalized spacial score (nSPS) is 21.3. The number of carbonyl (C=O) groups is 1. The minimum atomic E-state index is -0.459. The predicted molar refractivity (Wildman–Crippen MR) is 90.4 cm³/mol. The lowest BCUT2D eigenvalue weighted by atomic mass is 10.1. The first-order valence-corrected chi connectivity index (χ1v) is 8.48. The van der Waals surface area contributed by atoms with Gasteiger partial charge in [0.05, 0.1) is 19.8 Å². The van der Waals surface area contributed by atoms with Crippen molar-refractivity contribution < 1.29 is 14.3 Å². The van der Waals surface area contributed by atoms with E-state index in [2.05, 4.69) is 22.0 Å². The maximum Gasteiger partial charge on any atom is 0.351 e. The minimum absolute atomic E-state index is 0.0378. The molecule has 3 rings (SSSR count). The summed E-state index contributed by atoms with van der Waals surface area (Å²) in [5.74, 6) is -0.459. The fourth-order valence-corrected chi connectivity index (χ4v) is 3.82. The van der Waals surface area contributed by atoms with Gasteiger partial charge in [0.25, 0.3) is 0 Å². The Balaban J connectivity index is 1.84. The summed E-state index contributed by atoms with van der Waals surface area (Å²) in [7, 11) is 1.33. The highest BCUT2D eigenvalue weighted by Gasteiger charge is 2.29. The van der Waals surface area contributed by atoms with Gasteiger partial charge in [-0.2, -0.15) is 0 Å². The van der Waals surface area contributed by atoms with Gasteiger partial charge < -0.3 is 14.4 Å². The number of methoxy groups -OCH3 is 1. The first-order valence-electron chi connectivity index (χ1n) is 7.28. The molecule has 2 aromatic rings. The van der Waals surface area contributed by atoms with Crippen molar-refractivity contribution in [1.29, 1.82) is 0 Å². The largest absolute Gasteiger partial charge is 0.465 e. The second-order valence-electron chi connectivity index (χ2n) is 5.36. The van der Waals surface area contributed by atoms with Gasteiger partial charge in [-0.25, -0.2) is 9.78 Å². The molecule has 122 valence electrons. The standard InChI is InChI=1S/C16H17ClN2O3S/c1-10-8-19(9-12(22-10)11-6-4-3-5-7-11)16-18-14(17)13(23-16)15(20)21-2/h3-7,10,12H,8-9H2,1-2H3. The molecule has 1 aliphatic rings. The van der Waals surface area contributed by atoms with Crippen LogP contribution in [-0.4, -0.2) is 37.3 Å². The van der Waals surface area contributed by atoms with Crippen LogP contribution in [0.25, 0.3) is 0 Å². The van der Waals surface area contributed by atoms with Crippen molar-refractivity contribution in [3.05, 3.63) is 45.9 Å². The van der Waals surface area contributed by atoms with Crippen LogP contribution in [0.2, 0.25) is 5.15 Å². The molecule has 0 bridgehead atoms. The summed E-state index contributed by atoms with van der Waals surface area (Å²) in [5, 5.41) is 0.902. The summed E-state index contributed by atoms with van der Waals surface area (Å²) in [6.07, 6.45) is 0.0161. The van der Waals surface area contributed by atoms with Crippen molar-refractivity contribution in [2.75, 3.05) is 25.1 Å². The van der Waals surface area contributed by atoms with Crippen LogP contribution < -0.4 is 4.90 Å². The van der Waals surface area contributed by atoms with Crippen LogP contribution in [0, 0.1) is 0 Å². The molecule has 7 heteroatoms. The van der Waals surface area contributed by atoms with Crippen LogP contribution in [0.3, 0.4) is 0 Å². The molecule has 0 amide bonds. The van der Waals surface area contributed by atoms with Gasteiger partial charge in [-0.1, -0.05) is 53.3 Å². The first-order chi connectivity index (χ1) is 11.1. The van der Waals surface area contributed by atoms with Crippen LogP contribution in [0.5, 0.6) is 0 Å². The van der Waals surface area contributed by atoms with Crippen molar-refractivity contribution in [3.8, 4) is 0 Å². The zero-order valence-corrected chi connectivity index (χ0v) is 14.4. The van der Waals surface area contributed by atoms with E-state index in [9.17, 15) is 4.79 Å². The highest BCUT2D eigenvalue weighted by Crippen LogP contribution is 2.34. The van der Waals surface area contributed by atoms with Gasteiger partial charge >= 0.3 is 5.97 Å². The van der Waals surface area contributed by atoms with E-state index in [0.717, 1.165) is 5.56 Å². The molecule has 5 nitrogen and oxygen atoms in total. The van der Waals surface area contributed by atoms with Crippen molar-refractivity contribution in [2.45, 2.75) is 19.1 Å². The average molecular weight is 353 g/mol. The number of morpholine rings is 1. The lowest BCUT2D eigenvalue weighted by Gasteiger charge is -2.36. The monoisotopic (exact) mass is 352 g/mol. The maximum atomic E-state index is 11.7. The third-order valence-corrected chi connectivity index (χ3v) is 5.13. The lowest BCUT2D eigenvalue weighted by molar-refractivity contribution is -0.0173. The van der Waals surface area contributed by atoms with Crippen LogP contribution in [0.15, 0.2) is 30.3 Å². The van der Waals surface area contributed by atoms with E-state index in [1.807, 2.05) is 25.1 Å². The van der Waals surface area contributed by atoms with Crippen LogP contribution in [-0.2, 0) is 9.47 Å². The van der Waals surface area contributed by atoms with Crippen molar-refractivity contribution in [1.82, 2.24) is 4.98 Å². The Morgan fingerprint density at radius 2 is 2.13 bits per heavy atom. The number of nitrogens with zero attached hydrogens (tertiary/aromatic N) is 2. The predicted octanol–water partition coefficient (Wildman–Crippen LogP) is 3.55. The number of benzene rings is 1. The highest BCUT2D eigenvalue weighted by molar-refractivity contribution is 7.18. The lowest BCUT2D eigenvalue weighted by Crippen LogP contribution is -2.42. The molecule has 23 heavy (non-hydrogen) atoms. The van der Waals surface area contributed by atoms with Gasteiger partial charge in [0, 0.05) is 6.54 Å². The topological polar surface area (TPSA) is 51.7 Å². The van der Waals surface area contributed by atoms with E-state index < -0.39 is 5.97 Å². The van der Waals surface area contributed by atoms with Crippen LogP contribution in [0.4, 0.5) is 5.13 Å². The summed E-state index contributed by atoms with van der Waals surface area (Å²) in [4.78, 5) is 18.5. The SMILES string of the molecule is COC(=O)c1sc(N2CC(C)OC(c3ccccc3)C2)nc1Cl. The molecule has 2 atom stereocenters. The number of hydrogen-bond acceptors (Lipinski definition) is 6. The molecule has 2 heterocycles. The molecule has 0 N–H and O–H groups in total. The summed E-state index contributed by atoms with van der Waals surface area (Å²) in [6, 6.07) is 10.1. The Hall–Kier alpha value is -1.63. The number of aromatic nitrogens is 1. The van der Waals surface area contributed by atoms with Gasteiger partial charge in [-0.3, -0.25) is 0 Å². The van der Waals surface area contributed by atoms with E-state index in [1.54, 1.807) is 0 Å². The minimum Gasteiger partial charge on any atom is -0.465 e. The summed E-state index contributed by atoms with van der Waals surface area (Å²) in [5.41, 5.74) is 1.12. The molecule has 1 aromatic heterocycles. The van der Waals surface area contributed by atoms with E-state index in [-0.39, 0.29) is 17.4 Å².